The number of carbonyl (C=O) groups excluding carboxylic acids is 1. The lowest BCUT2D eigenvalue weighted by molar-refractivity contribution is -0.116. The summed E-state index contributed by atoms with van der Waals surface area (Å²) in [6.45, 7) is 0. The van der Waals surface area contributed by atoms with Gasteiger partial charge in [-0.25, -0.2) is 4.98 Å². The van der Waals surface area contributed by atoms with E-state index < -0.39 is 5.41 Å². The summed E-state index contributed by atoms with van der Waals surface area (Å²) in [4.78, 5) is 19.4. The van der Waals surface area contributed by atoms with E-state index in [1.54, 1.807) is 6.20 Å². The standard InChI is InChI=1S/C19H16N4O/c20-12-19(7-8-19)11-17(24)23-14-3-1-13(2-4-14)15-5-9-21-18-16(15)6-10-22-18/h1-6,9-10H,7-8,11H2,(H,21,22)(H,23,24). The van der Waals surface area contributed by atoms with Gasteiger partial charge in [0.05, 0.1) is 11.5 Å². The molecule has 5 nitrogen and oxygen atoms in total. The third kappa shape index (κ3) is 2.63. The van der Waals surface area contributed by atoms with Crippen LogP contribution in [0.5, 0.6) is 0 Å². The molecule has 4 rings (SSSR count). The van der Waals surface area contributed by atoms with Gasteiger partial charge in [-0.1, -0.05) is 12.1 Å². The van der Waals surface area contributed by atoms with Gasteiger partial charge in [0, 0.05) is 29.9 Å². The van der Waals surface area contributed by atoms with Crippen LogP contribution in [0.3, 0.4) is 0 Å². The fourth-order valence-corrected chi connectivity index (χ4v) is 2.94. The lowest BCUT2D eigenvalue weighted by atomic mass is 10.0. The Morgan fingerprint density at radius 2 is 2.04 bits per heavy atom. The lowest BCUT2D eigenvalue weighted by Gasteiger charge is -2.09. The quantitative estimate of drug-likeness (QED) is 0.766. The number of nitrogens with one attached hydrogen (secondary N) is 2. The third-order valence-corrected chi connectivity index (χ3v) is 4.53. The van der Waals surface area contributed by atoms with Crippen molar-refractivity contribution in [3.05, 3.63) is 48.8 Å². The highest BCUT2D eigenvalue weighted by atomic mass is 16.1. The van der Waals surface area contributed by atoms with Crippen LogP contribution in [0.25, 0.3) is 22.2 Å². The Labute approximate surface area is 139 Å². The Hall–Kier alpha value is -3.13. The Balaban J connectivity index is 1.52. The molecule has 5 heteroatoms. The number of nitriles is 1. The molecule has 0 radical (unpaired) electrons. The number of hydrogen-bond donors (Lipinski definition) is 2. The number of nitrogens with zero attached hydrogens (tertiary/aromatic N) is 2. The van der Waals surface area contributed by atoms with E-state index in [0.717, 1.165) is 40.7 Å². The predicted molar refractivity (Wildman–Crippen MR) is 92.1 cm³/mol. The van der Waals surface area contributed by atoms with Crippen LogP contribution in [0, 0.1) is 16.7 Å². The van der Waals surface area contributed by atoms with Crippen LogP contribution in [-0.4, -0.2) is 15.9 Å². The van der Waals surface area contributed by atoms with Crippen molar-refractivity contribution in [3.8, 4) is 17.2 Å². The molecule has 0 saturated heterocycles. The van der Waals surface area contributed by atoms with Crippen molar-refractivity contribution >= 4 is 22.6 Å². The van der Waals surface area contributed by atoms with E-state index in [1.165, 1.54) is 0 Å². The minimum Gasteiger partial charge on any atom is -0.346 e. The van der Waals surface area contributed by atoms with Gasteiger partial charge in [0.1, 0.15) is 5.65 Å². The van der Waals surface area contributed by atoms with E-state index in [1.807, 2.05) is 42.6 Å². The molecule has 0 atom stereocenters. The second-order valence-corrected chi connectivity index (χ2v) is 6.29. The van der Waals surface area contributed by atoms with E-state index in [2.05, 4.69) is 21.4 Å². The summed E-state index contributed by atoms with van der Waals surface area (Å²) in [5.41, 5.74) is 3.35. The SMILES string of the molecule is N#CC1(CC(=O)Nc2ccc(-c3ccnc4[nH]ccc34)cc2)CC1. The van der Waals surface area contributed by atoms with Crippen LogP contribution in [0.4, 0.5) is 5.69 Å². The van der Waals surface area contributed by atoms with Gasteiger partial charge in [-0.15, -0.1) is 0 Å². The molecule has 0 aliphatic heterocycles. The first-order valence-corrected chi connectivity index (χ1v) is 7.93. The van der Waals surface area contributed by atoms with Gasteiger partial charge < -0.3 is 10.3 Å². The van der Waals surface area contributed by atoms with E-state index in [9.17, 15) is 4.79 Å². The van der Waals surface area contributed by atoms with Gasteiger partial charge in [-0.3, -0.25) is 4.79 Å². The molecule has 2 aromatic heterocycles. The molecule has 24 heavy (non-hydrogen) atoms. The summed E-state index contributed by atoms with van der Waals surface area (Å²) < 4.78 is 0. The summed E-state index contributed by atoms with van der Waals surface area (Å²) in [7, 11) is 0. The molecular weight excluding hydrogens is 300 g/mol. The first-order valence-electron chi connectivity index (χ1n) is 7.93. The van der Waals surface area contributed by atoms with Crippen LogP contribution in [0.15, 0.2) is 48.8 Å². The molecule has 0 spiro atoms. The van der Waals surface area contributed by atoms with Gasteiger partial charge in [-0.05, 0) is 48.2 Å². The first kappa shape index (κ1) is 14.5. The zero-order valence-electron chi connectivity index (χ0n) is 13.0. The number of aromatic amines is 1. The molecule has 2 N–H and O–H groups in total. The van der Waals surface area contributed by atoms with Crippen LogP contribution >= 0.6 is 0 Å². The van der Waals surface area contributed by atoms with E-state index in [4.69, 9.17) is 5.26 Å². The number of benzene rings is 1. The minimum atomic E-state index is -0.416. The van der Waals surface area contributed by atoms with Crippen LogP contribution < -0.4 is 5.32 Å². The fourth-order valence-electron chi connectivity index (χ4n) is 2.94. The molecule has 1 aliphatic carbocycles. The fraction of sp³-hybridized carbons (Fsp3) is 0.211. The Bertz CT molecular complexity index is 945. The number of hydrogen-bond acceptors (Lipinski definition) is 3. The summed E-state index contributed by atoms with van der Waals surface area (Å²) >= 11 is 0. The maximum absolute atomic E-state index is 12.0. The molecule has 3 aromatic rings. The zero-order chi connectivity index (χ0) is 16.6. The number of amides is 1. The zero-order valence-corrected chi connectivity index (χ0v) is 13.0. The molecule has 1 amide bonds. The van der Waals surface area contributed by atoms with E-state index in [-0.39, 0.29) is 12.3 Å². The Kier molecular flexibility index (Phi) is 3.31. The molecule has 2 heterocycles. The number of fused-ring (bicyclic) bond motifs is 1. The number of pyridine rings is 1. The van der Waals surface area contributed by atoms with Crippen molar-refractivity contribution in [2.24, 2.45) is 5.41 Å². The minimum absolute atomic E-state index is 0.0984. The van der Waals surface area contributed by atoms with E-state index in [0.29, 0.717) is 0 Å². The summed E-state index contributed by atoms with van der Waals surface area (Å²) in [6, 6.07) is 14.0. The molecule has 1 fully saturated rings. The van der Waals surface area contributed by atoms with Gasteiger partial charge in [0.25, 0.3) is 0 Å². The highest BCUT2D eigenvalue weighted by Gasteiger charge is 2.44. The molecule has 1 saturated carbocycles. The largest absolute Gasteiger partial charge is 0.346 e. The second-order valence-electron chi connectivity index (χ2n) is 6.29. The maximum atomic E-state index is 12.0. The molecule has 0 unspecified atom stereocenters. The van der Waals surface area contributed by atoms with Crippen molar-refractivity contribution in [2.75, 3.05) is 5.32 Å². The van der Waals surface area contributed by atoms with Crippen LogP contribution in [0.2, 0.25) is 0 Å². The molecule has 118 valence electrons. The number of H-pyrrole nitrogens is 1. The van der Waals surface area contributed by atoms with Crippen molar-refractivity contribution in [1.82, 2.24) is 9.97 Å². The molecular formula is C19H16N4O. The second kappa shape index (κ2) is 5.50. The van der Waals surface area contributed by atoms with Gasteiger partial charge in [-0.2, -0.15) is 5.26 Å². The summed E-state index contributed by atoms with van der Waals surface area (Å²) in [5, 5.41) is 13.0. The van der Waals surface area contributed by atoms with Crippen LogP contribution in [0.1, 0.15) is 19.3 Å². The number of rotatable bonds is 4. The monoisotopic (exact) mass is 316 g/mol. The molecule has 0 bridgehead atoms. The third-order valence-electron chi connectivity index (χ3n) is 4.53. The van der Waals surface area contributed by atoms with E-state index >= 15 is 0 Å². The predicted octanol–water partition coefficient (Wildman–Crippen LogP) is 3.86. The van der Waals surface area contributed by atoms with Gasteiger partial charge >= 0.3 is 0 Å². The number of aromatic nitrogens is 2. The van der Waals surface area contributed by atoms with Crippen molar-refractivity contribution in [1.29, 1.82) is 5.26 Å². The number of anilines is 1. The topological polar surface area (TPSA) is 81.6 Å². The highest BCUT2D eigenvalue weighted by molar-refractivity contribution is 5.94. The Morgan fingerprint density at radius 1 is 1.25 bits per heavy atom. The van der Waals surface area contributed by atoms with Gasteiger partial charge in [0.2, 0.25) is 5.91 Å². The van der Waals surface area contributed by atoms with Crippen molar-refractivity contribution < 1.29 is 4.79 Å². The molecule has 1 aromatic carbocycles. The first-order chi connectivity index (χ1) is 11.7. The average molecular weight is 316 g/mol. The lowest BCUT2D eigenvalue weighted by Crippen LogP contribution is -2.16. The van der Waals surface area contributed by atoms with Gasteiger partial charge in [0.15, 0.2) is 0 Å². The van der Waals surface area contributed by atoms with Crippen molar-refractivity contribution in [3.63, 3.8) is 0 Å². The Morgan fingerprint density at radius 3 is 2.75 bits per heavy atom. The smallest absolute Gasteiger partial charge is 0.225 e. The van der Waals surface area contributed by atoms with Crippen molar-refractivity contribution in [2.45, 2.75) is 19.3 Å². The average Bonchev–Trinajstić information content (AvgIpc) is 3.19. The van der Waals surface area contributed by atoms with Crippen LogP contribution in [-0.2, 0) is 4.79 Å². The number of carbonyl (C=O) groups is 1. The molecule has 1 aliphatic rings. The maximum Gasteiger partial charge on any atom is 0.225 e. The summed E-state index contributed by atoms with van der Waals surface area (Å²) in [5.74, 6) is -0.0984. The highest BCUT2D eigenvalue weighted by Crippen LogP contribution is 2.48. The normalized spacial score (nSPS) is 15.0. The summed E-state index contributed by atoms with van der Waals surface area (Å²) in [6.07, 6.45) is 5.58.